The lowest BCUT2D eigenvalue weighted by molar-refractivity contribution is 0.0487. The second-order valence-electron chi connectivity index (χ2n) is 8.10. The second-order valence-corrected chi connectivity index (χ2v) is 8.10. The minimum atomic E-state index is -0.197. The SMILES string of the molecule is COc1ccccc1-c1noc(C)c1C(=O)NCC1(c2ccc(C)cc2)CCOCC1. The molecule has 3 aromatic rings. The Morgan fingerprint density at radius 2 is 1.81 bits per heavy atom. The summed E-state index contributed by atoms with van der Waals surface area (Å²) in [5.74, 6) is 0.929. The zero-order valence-electron chi connectivity index (χ0n) is 18.2. The number of hydrogen-bond donors (Lipinski definition) is 1. The minimum absolute atomic E-state index is 0.155. The summed E-state index contributed by atoms with van der Waals surface area (Å²) in [7, 11) is 1.60. The molecule has 1 N–H and O–H groups in total. The van der Waals surface area contributed by atoms with Crippen LogP contribution in [0.5, 0.6) is 5.75 Å². The third-order valence-corrected chi connectivity index (χ3v) is 6.15. The lowest BCUT2D eigenvalue weighted by atomic mass is 9.74. The van der Waals surface area contributed by atoms with Crippen molar-refractivity contribution in [3.63, 3.8) is 0 Å². The van der Waals surface area contributed by atoms with Crippen LogP contribution >= 0.6 is 0 Å². The maximum Gasteiger partial charge on any atom is 0.257 e. The summed E-state index contributed by atoms with van der Waals surface area (Å²) >= 11 is 0. The number of rotatable bonds is 6. The summed E-state index contributed by atoms with van der Waals surface area (Å²) in [4.78, 5) is 13.3. The molecule has 0 spiro atoms. The quantitative estimate of drug-likeness (QED) is 0.638. The van der Waals surface area contributed by atoms with E-state index in [2.05, 4.69) is 41.7 Å². The molecular formula is C25H28N2O4. The number of aromatic nitrogens is 1. The third kappa shape index (κ3) is 4.21. The maximum absolute atomic E-state index is 13.3. The Balaban J connectivity index is 1.61. The highest BCUT2D eigenvalue weighted by Crippen LogP contribution is 2.36. The van der Waals surface area contributed by atoms with Crippen molar-refractivity contribution in [2.45, 2.75) is 32.1 Å². The molecule has 1 saturated heterocycles. The number of nitrogens with zero attached hydrogens (tertiary/aromatic N) is 1. The Morgan fingerprint density at radius 1 is 1.10 bits per heavy atom. The maximum atomic E-state index is 13.3. The monoisotopic (exact) mass is 420 g/mol. The summed E-state index contributed by atoms with van der Waals surface area (Å²) in [5, 5.41) is 7.32. The van der Waals surface area contributed by atoms with Crippen LogP contribution in [0.2, 0.25) is 0 Å². The van der Waals surface area contributed by atoms with Crippen molar-refractivity contribution in [3.05, 3.63) is 71.0 Å². The molecule has 0 aliphatic carbocycles. The van der Waals surface area contributed by atoms with Crippen molar-refractivity contribution < 1.29 is 18.8 Å². The number of nitrogens with one attached hydrogen (secondary N) is 1. The van der Waals surface area contributed by atoms with Gasteiger partial charge in [0, 0.05) is 30.7 Å². The average Bonchev–Trinajstić information content (AvgIpc) is 3.19. The van der Waals surface area contributed by atoms with Gasteiger partial charge in [0.25, 0.3) is 5.91 Å². The van der Waals surface area contributed by atoms with E-state index in [-0.39, 0.29) is 11.3 Å². The molecule has 0 unspecified atom stereocenters. The number of methoxy groups -OCH3 is 1. The molecule has 1 aromatic heterocycles. The summed E-state index contributed by atoms with van der Waals surface area (Å²) in [6.45, 7) is 5.72. The normalized spacial score (nSPS) is 15.5. The number of carbonyl (C=O) groups is 1. The van der Waals surface area contributed by atoms with Crippen molar-refractivity contribution in [1.29, 1.82) is 0 Å². The van der Waals surface area contributed by atoms with E-state index in [1.165, 1.54) is 11.1 Å². The van der Waals surface area contributed by atoms with Gasteiger partial charge in [-0.2, -0.15) is 0 Å². The second kappa shape index (κ2) is 8.94. The summed E-state index contributed by atoms with van der Waals surface area (Å²) in [6, 6.07) is 16.1. The van der Waals surface area contributed by atoms with Gasteiger partial charge in [0.15, 0.2) is 0 Å². The number of benzene rings is 2. The van der Waals surface area contributed by atoms with Crippen molar-refractivity contribution in [3.8, 4) is 17.0 Å². The Hall–Kier alpha value is -3.12. The van der Waals surface area contributed by atoms with Gasteiger partial charge >= 0.3 is 0 Å². The standard InChI is InChI=1S/C25H28N2O4/c1-17-8-10-19(11-9-17)25(12-14-30-15-13-25)16-26-24(28)22-18(2)31-27-23(22)20-6-4-5-7-21(20)29-3/h4-11H,12-16H2,1-3H3,(H,26,28). The number of ether oxygens (including phenoxy) is 2. The van der Waals surface area contributed by atoms with E-state index in [4.69, 9.17) is 14.0 Å². The Kier molecular flexibility index (Phi) is 6.09. The fourth-order valence-corrected chi connectivity index (χ4v) is 4.24. The minimum Gasteiger partial charge on any atom is -0.496 e. The van der Waals surface area contributed by atoms with Crippen LogP contribution in [0.3, 0.4) is 0 Å². The largest absolute Gasteiger partial charge is 0.496 e. The molecule has 6 heteroatoms. The highest BCUT2D eigenvalue weighted by Gasteiger charge is 2.35. The van der Waals surface area contributed by atoms with Crippen LogP contribution < -0.4 is 10.1 Å². The number of amides is 1. The zero-order chi connectivity index (χ0) is 21.8. The smallest absolute Gasteiger partial charge is 0.257 e. The van der Waals surface area contributed by atoms with Crippen molar-refractivity contribution in [2.75, 3.05) is 26.9 Å². The summed E-state index contributed by atoms with van der Waals surface area (Å²) in [5.41, 5.74) is 3.95. The highest BCUT2D eigenvalue weighted by atomic mass is 16.5. The number of hydrogen-bond acceptors (Lipinski definition) is 5. The van der Waals surface area contributed by atoms with E-state index in [0.29, 0.717) is 42.5 Å². The first-order chi connectivity index (χ1) is 15.0. The van der Waals surface area contributed by atoms with E-state index in [0.717, 1.165) is 18.4 Å². The summed E-state index contributed by atoms with van der Waals surface area (Å²) < 4.78 is 16.5. The van der Waals surface area contributed by atoms with Crippen LogP contribution in [0.4, 0.5) is 0 Å². The molecule has 1 amide bonds. The molecule has 1 aliphatic rings. The molecule has 0 atom stereocenters. The van der Waals surface area contributed by atoms with Crippen LogP contribution in [0, 0.1) is 13.8 Å². The topological polar surface area (TPSA) is 73.6 Å². The lowest BCUT2D eigenvalue weighted by Crippen LogP contribution is -2.44. The molecule has 0 saturated carbocycles. The molecule has 162 valence electrons. The molecular weight excluding hydrogens is 392 g/mol. The van der Waals surface area contributed by atoms with Gasteiger partial charge in [-0.1, -0.05) is 47.1 Å². The van der Waals surface area contributed by atoms with Crippen LogP contribution in [0.25, 0.3) is 11.3 Å². The van der Waals surface area contributed by atoms with Crippen molar-refractivity contribution >= 4 is 5.91 Å². The third-order valence-electron chi connectivity index (χ3n) is 6.15. The molecule has 31 heavy (non-hydrogen) atoms. The highest BCUT2D eigenvalue weighted by molar-refractivity contribution is 6.01. The van der Waals surface area contributed by atoms with Gasteiger partial charge in [-0.25, -0.2) is 0 Å². The predicted molar refractivity (Wildman–Crippen MR) is 118 cm³/mol. The van der Waals surface area contributed by atoms with Gasteiger partial charge in [-0.15, -0.1) is 0 Å². The molecule has 2 heterocycles. The average molecular weight is 421 g/mol. The van der Waals surface area contributed by atoms with Gasteiger partial charge in [-0.3, -0.25) is 4.79 Å². The molecule has 0 bridgehead atoms. The molecule has 6 nitrogen and oxygen atoms in total. The first-order valence-electron chi connectivity index (χ1n) is 10.6. The van der Waals surface area contributed by atoms with E-state index in [1.807, 2.05) is 24.3 Å². The molecule has 1 fully saturated rings. The molecule has 1 aliphatic heterocycles. The van der Waals surface area contributed by atoms with Gasteiger partial charge in [0.2, 0.25) is 0 Å². The molecule has 4 rings (SSSR count). The first-order valence-corrected chi connectivity index (χ1v) is 10.6. The molecule has 2 aromatic carbocycles. The van der Waals surface area contributed by atoms with Gasteiger partial charge < -0.3 is 19.3 Å². The van der Waals surface area contributed by atoms with Gasteiger partial charge in [-0.05, 0) is 44.4 Å². The Bertz CT molecular complexity index is 1050. The fraction of sp³-hybridized carbons (Fsp3) is 0.360. The van der Waals surface area contributed by atoms with Crippen molar-refractivity contribution in [2.24, 2.45) is 0 Å². The van der Waals surface area contributed by atoms with Gasteiger partial charge in [0.05, 0.1) is 7.11 Å². The Morgan fingerprint density at radius 3 is 2.52 bits per heavy atom. The fourth-order valence-electron chi connectivity index (χ4n) is 4.24. The van der Waals surface area contributed by atoms with Crippen LogP contribution in [0.15, 0.2) is 53.1 Å². The van der Waals surface area contributed by atoms with E-state index in [9.17, 15) is 4.79 Å². The van der Waals surface area contributed by atoms with Crippen molar-refractivity contribution in [1.82, 2.24) is 10.5 Å². The Labute approximate surface area is 182 Å². The zero-order valence-corrected chi connectivity index (χ0v) is 18.2. The number of carbonyl (C=O) groups excluding carboxylic acids is 1. The summed E-state index contributed by atoms with van der Waals surface area (Å²) in [6.07, 6.45) is 1.72. The van der Waals surface area contributed by atoms with Crippen LogP contribution in [-0.2, 0) is 10.2 Å². The predicted octanol–water partition coefficient (Wildman–Crippen LogP) is 4.45. The lowest BCUT2D eigenvalue weighted by Gasteiger charge is -2.38. The van der Waals surface area contributed by atoms with Crippen LogP contribution in [0.1, 0.15) is 40.1 Å². The van der Waals surface area contributed by atoms with E-state index < -0.39 is 0 Å². The first kappa shape index (κ1) is 21.1. The van der Waals surface area contributed by atoms with Gasteiger partial charge in [0.1, 0.15) is 22.8 Å². The van der Waals surface area contributed by atoms with E-state index in [1.54, 1.807) is 14.0 Å². The number of aryl methyl sites for hydroxylation is 2. The van der Waals surface area contributed by atoms with E-state index >= 15 is 0 Å². The molecule has 0 radical (unpaired) electrons. The van der Waals surface area contributed by atoms with Crippen LogP contribution in [-0.4, -0.2) is 37.9 Å². The number of para-hydroxylation sites is 1.